The Labute approximate surface area is 92.9 Å². The van der Waals surface area contributed by atoms with Gasteiger partial charge in [-0.15, -0.1) is 0 Å². The van der Waals surface area contributed by atoms with Gasteiger partial charge in [0.1, 0.15) is 11.6 Å². The molecule has 1 saturated carbocycles. The Bertz CT molecular complexity index is 379. The van der Waals surface area contributed by atoms with Gasteiger partial charge in [0.15, 0.2) is 0 Å². The number of aromatic hydroxyl groups is 1. The Balaban J connectivity index is 2.36. The number of phenolic OH excluding ortho intramolecular Hbond substituents is 1. The Kier molecular flexibility index (Phi) is 2.85. The lowest BCUT2D eigenvalue weighted by Gasteiger charge is -2.32. The lowest BCUT2D eigenvalue weighted by molar-refractivity contribution is 0.256. The minimum Gasteiger partial charge on any atom is -0.506 e. The summed E-state index contributed by atoms with van der Waals surface area (Å²) in [5.41, 5.74) is 6.07. The van der Waals surface area contributed by atoms with Crippen molar-refractivity contribution in [1.29, 1.82) is 0 Å². The lowest BCUT2D eigenvalue weighted by atomic mass is 9.77. The van der Waals surface area contributed by atoms with Crippen molar-refractivity contribution in [3.8, 4) is 5.75 Å². The fraction of sp³-hybridized carbons (Fsp3) is 0.455. The summed E-state index contributed by atoms with van der Waals surface area (Å²) in [5.74, 6) is -0.420. The number of hydrogen-bond acceptors (Lipinski definition) is 2. The Morgan fingerprint density at radius 2 is 2.13 bits per heavy atom. The molecule has 0 radical (unpaired) electrons. The minimum atomic E-state index is -0.476. The molecule has 1 aromatic rings. The SMILES string of the molecule is N[C@H](c1c(F)ccc(Cl)c1O)C1CCC1. The van der Waals surface area contributed by atoms with Gasteiger partial charge < -0.3 is 10.8 Å². The summed E-state index contributed by atoms with van der Waals surface area (Å²) in [4.78, 5) is 0. The quantitative estimate of drug-likeness (QED) is 0.819. The first kappa shape index (κ1) is 10.7. The fourth-order valence-corrected chi connectivity index (χ4v) is 2.07. The van der Waals surface area contributed by atoms with Gasteiger partial charge in [-0.2, -0.15) is 0 Å². The van der Waals surface area contributed by atoms with Crippen LogP contribution in [0, 0.1) is 11.7 Å². The molecule has 2 rings (SSSR count). The number of nitrogens with two attached hydrogens (primary N) is 1. The second-order valence-corrected chi connectivity index (χ2v) is 4.42. The summed E-state index contributed by atoms with van der Waals surface area (Å²) in [6.45, 7) is 0. The molecule has 0 aliphatic heterocycles. The highest BCUT2D eigenvalue weighted by molar-refractivity contribution is 6.32. The molecule has 0 amide bonds. The van der Waals surface area contributed by atoms with Crippen LogP contribution in [0.25, 0.3) is 0 Å². The molecule has 0 aromatic heterocycles. The first-order valence-corrected chi connectivity index (χ1v) is 5.41. The van der Waals surface area contributed by atoms with Gasteiger partial charge in [0.05, 0.1) is 5.02 Å². The van der Waals surface area contributed by atoms with Crippen LogP contribution >= 0.6 is 11.6 Å². The molecule has 0 unspecified atom stereocenters. The minimum absolute atomic E-state index is 0.154. The van der Waals surface area contributed by atoms with Gasteiger partial charge in [-0.05, 0) is 30.9 Å². The van der Waals surface area contributed by atoms with Crippen LogP contribution in [0.4, 0.5) is 4.39 Å². The highest BCUT2D eigenvalue weighted by Crippen LogP contribution is 2.41. The van der Waals surface area contributed by atoms with E-state index in [0.29, 0.717) is 0 Å². The molecule has 0 spiro atoms. The van der Waals surface area contributed by atoms with E-state index < -0.39 is 11.9 Å². The third-order valence-corrected chi connectivity index (χ3v) is 3.41. The van der Waals surface area contributed by atoms with Gasteiger partial charge in [0.25, 0.3) is 0 Å². The van der Waals surface area contributed by atoms with Crippen LogP contribution in [0.5, 0.6) is 5.75 Å². The number of halogens is 2. The summed E-state index contributed by atoms with van der Waals surface area (Å²) in [6.07, 6.45) is 3.11. The van der Waals surface area contributed by atoms with Crippen LogP contribution in [-0.2, 0) is 0 Å². The van der Waals surface area contributed by atoms with E-state index in [0.717, 1.165) is 19.3 Å². The Hall–Kier alpha value is -0.800. The van der Waals surface area contributed by atoms with E-state index in [1.807, 2.05) is 0 Å². The van der Waals surface area contributed by atoms with E-state index in [-0.39, 0.29) is 22.3 Å². The summed E-state index contributed by atoms with van der Waals surface area (Å²) in [6, 6.07) is 2.14. The molecule has 0 heterocycles. The van der Waals surface area contributed by atoms with Gasteiger partial charge >= 0.3 is 0 Å². The normalized spacial score (nSPS) is 18.6. The van der Waals surface area contributed by atoms with Crippen molar-refractivity contribution in [2.24, 2.45) is 11.7 Å². The van der Waals surface area contributed by atoms with Crippen molar-refractivity contribution in [1.82, 2.24) is 0 Å². The van der Waals surface area contributed by atoms with Crippen molar-refractivity contribution in [3.63, 3.8) is 0 Å². The van der Waals surface area contributed by atoms with Crippen LogP contribution in [-0.4, -0.2) is 5.11 Å². The van der Waals surface area contributed by atoms with E-state index >= 15 is 0 Å². The van der Waals surface area contributed by atoms with Crippen molar-refractivity contribution in [3.05, 3.63) is 28.5 Å². The monoisotopic (exact) mass is 229 g/mol. The van der Waals surface area contributed by atoms with Crippen LogP contribution in [0.3, 0.4) is 0 Å². The summed E-state index contributed by atoms with van der Waals surface area (Å²) >= 11 is 5.72. The molecule has 2 nitrogen and oxygen atoms in total. The van der Waals surface area contributed by atoms with Crippen molar-refractivity contribution < 1.29 is 9.50 Å². The van der Waals surface area contributed by atoms with Crippen molar-refractivity contribution in [2.45, 2.75) is 25.3 Å². The van der Waals surface area contributed by atoms with Gasteiger partial charge in [0.2, 0.25) is 0 Å². The third kappa shape index (κ3) is 1.82. The second-order valence-electron chi connectivity index (χ2n) is 4.01. The molecule has 1 aliphatic rings. The topological polar surface area (TPSA) is 46.2 Å². The van der Waals surface area contributed by atoms with Gasteiger partial charge in [-0.1, -0.05) is 18.0 Å². The smallest absolute Gasteiger partial charge is 0.141 e. The van der Waals surface area contributed by atoms with Crippen molar-refractivity contribution in [2.75, 3.05) is 0 Å². The van der Waals surface area contributed by atoms with Gasteiger partial charge in [-0.25, -0.2) is 4.39 Å². The van der Waals surface area contributed by atoms with Gasteiger partial charge in [0, 0.05) is 11.6 Å². The van der Waals surface area contributed by atoms with Crippen molar-refractivity contribution >= 4 is 11.6 Å². The highest BCUT2D eigenvalue weighted by Gasteiger charge is 2.29. The summed E-state index contributed by atoms with van der Waals surface area (Å²) < 4.78 is 13.5. The number of hydrogen-bond donors (Lipinski definition) is 2. The molecule has 1 aromatic carbocycles. The molecule has 15 heavy (non-hydrogen) atoms. The molecule has 0 bridgehead atoms. The molecule has 1 fully saturated rings. The zero-order valence-electron chi connectivity index (χ0n) is 8.21. The van der Waals surface area contributed by atoms with E-state index in [4.69, 9.17) is 17.3 Å². The zero-order valence-corrected chi connectivity index (χ0v) is 8.97. The average Bonchev–Trinajstić information content (AvgIpc) is 2.09. The Morgan fingerprint density at radius 3 is 2.67 bits per heavy atom. The molecule has 1 aliphatic carbocycles. The maximum atomic E-state index is 13.5. The van der Waals surface area contributed by atoms with Crippen LogP contribution in [0.2, 0.25) is 5.02 Å². The largest absolute Gasteiger partial charge is 0.506 e. The average molecular weight is 230 g/mol. The summed E-state index contributed by atoms with van der Waals surface area (Å²) in [5, 5.41) is 9.82. The molecular formula is C11H13ClFNO. The first-order chi connectivity index (χ1) is 7.11. The predicted octanol–water partition coefficient (Wildman–Crippen LogP) is 2.98. The molecule has 0 saturated heterocycles. The predicted molar refractivity (Wildman–Crippen MR) is 57.3 cm³/mol. The van der Waals surface area contributed by atoms with E-state index in [1.165, 1.54) is 12.1 Å². The Morgan fingerprint density at radius 1 is 1.47 bits per heavy atom. The number of phenols is 1. The van der Waals surface area contributed by atoms with E-state index in [2.05, 4.69) is 0 Å². The maximum absolute atomic E-state index is 13.5. The van der Waals surface area contributed by atoms with Crippen LogP contribution < -0.4 is 5.73 Å². The number of rotatable bonds is 2. The summed E-state index contributed by atoms with van der Waals surface area (Å²) in [7, 11) is 0. The molecule has 1 atom stereocenters. The number of benzene rings is 1. The molecule has 3 N–H and O–H groups in total. The molecular weight excluding hydrogens is 217 g/mol. The van der Waals surface area contributed by atoms with Crippen LogP contribution in [0.1, 0.15) is 30.9 Å². The standard InChI is InChI=1S/C11H13ClFNO/c12-7-4-5-8(13)9(11(7)15)10(14)6-2-1-3-6/h4-6,10,15H,1-3,14H2/t10-/m0/s1. The highest BCUT2D eigenvalue weighted by atomic mass is 35.5. The lowest BCUT2D eigenvalue weighted by Crippen LogP contribution is -2.27. The second kappa shape index (κ2) is 3.99. The first-order valence-electron chi connectivity index (χ1n) is 5.03. The molecule has 4 heteroatoms. The zero-order chi connectivity index (χ0) is 11.0. The van der Waals surface area contributed by atoms with E-state index in [9.17, 15) is 9.50 Å². The van der Waals surface area contributed by atoms with Crippen LogP contribution in [0.15, 0.2) is 12.1 Å². The third-order valence-electron chi connectivity index (χ3n) is 3.11. The fourth-order valence-electron chi connectivity index (χ4n) is 1.91. The van der Waals surface area contributed by atoms with Gasteiger partial charge in [-0.3, -0.25) is 0 Å². The maximum Gasteiger partial charge on any atom is 0.141 e. The molecule has 82 valence electrons. The van der Waals surface area contributed by atoms with E-state index in [1.54, 1.807) is 0 Å².